The number of nitrogens with one attached hydrogen (secondary N) is 1. The van der Waals surface area contributed by atoms with Crippen LogP contribution in [0.2, 0.25) is 0 Å². The topological polar surface area (TPSA) is 52.7 Å². The van der Waals surface area contributed by atoms with Crippen LogP contribution in [0, 0.1) is 5.92 Å². The zero-order valence-electron chi connectivity index (χ0n) is 14.0. The van der Waals surface area contributed by atoms with E-state index in [4.69, 9.17) is 0 Å². The molecule has 2 rings (SSSR count). The minimum atomic E-state index is 0.120. The lowest BCUT2D eigenvalue weighted by molar-refractivity contribution is -0.138. The average Bonchev–Trinajstić information content (AvgIpc) is 2.56. The fraction of sp³-hybridized carbons (Fsp3) is 0.882. The zero-order chi connectivity index (χ0) is 15.8. The van der Waals surface area contributed by atoms with Crippen LogP contribution in [0.5, 0.6) is 0 Å². The third kappa shape index (κ3) is 5.27. The van der Waals surface area contributed by atoms with Gasteiger partial charge in [0.1, 0.15) is 0 Å². The van der Waals surface area contributed by atoms with E-state index in [2.05, 4.69) is 22.0 Å². The molecule has 2 heterocycles. The number of carbonyl (C=O) groups excluding carboxylic acids is 2. The van der Waals surface area contributed by atoms with Crippen LogP contribution < -0.4 is 5.32 Å². The van der Waals surface area contributed by atoms with E-state index in [9.17, 15) is 9.59 Å². The summed E-state index contributed by atoms with van der Waals surface area (Å²) in [5.74, 6) is 0.651. The van der Waals surface area contributed by atoms with Gasteiger partial charge in [0.15, 0.2) is 0 Å². The standard InChI is InChI=1S/C17H31N3O2/c1-2-3-9-18-16(21)14-19-12-7-15(8-13-19)17(22)20-10-5-4-6-11-20/h15H,2-14H2,1H3,(H,18,21). The van der Waals surface area contributed by atoms with Crippen LogP contribution >= 0.6 is 0 Å². The van der Waals surface area contributed by atoms with E-state index in [1.165, 1.54) is 6.42 Å². The van der Waals surface area contributed by atoms with Gasteiger partial charge in [-0.05, 0) is 51.6 Å². The van der Waals surface area contributed by atoms with E-state index in [1.54, 1.807) is 0 Å². The summed E-state index contributed by atoms with van der Waals surface area (Å²) < 4.78 is 0. The molecule has 0 unspecified atom stereocenters. The molecule has 2 aliphatic rings. The number of unbranched alkanes of at least 4 members (excludes halogenated alkanes) is 1. The Morgan fingerprint density at radius 2 is 1.73 bits per heavy atom. The van der Waals surface area contributed by atoms with Gasteiger partial charge in [0.25, 0.3) is 0 Å². The molecule has 0 aromatic heterocycles. The first-order valence-corrected chi connectivity index (χ1v) is 8.98. The van der Waals surface area contributed by atoms with Gasteiger partial charge >= 0.3 is 0 Å². The van der Waals surface area contributed by atoms with Crippen LogP contribution in [0.4, 0.5) is 0 Å². The molecule has 5 nitrogen and oxygen atoms in total. The molecule has 2 fully saturated rings. The Morgan fingerprint density at radius 1 is 1.05 bits per heavy atom. The second kappa shape index (κ2) is 9.13. The maximum atomic E-state index is 12.5. The largest absolute Gasteiger partial charge is 0.355 e. The first kappa shape index (κ1) is 17.3. The van der Waals surface area contributed by atoms with Crippen LogP contribution in [0.25, 0.3) is 0 Å². The number of hydrogen-bond donors (Lipinski definition) is 1. The number of likely N-dealkylation sites (tertiary alicyclic amines) is 2. The predicted molar refractivity (Wildman–Crippen MR) is 87.5 cm³/mol. The minimum absolute atomic E-state index is 0.120. The molecule has 22 heavy (non-hydrogen) atoms. The summed E-state index contributed by atoms with van der Waals surface area (Å²) in [4.78, 5) is 28.5. The van der Waals surface area contributed by atoms with Crippen LogP contribution in [-0.4, -0.2) is 60.9 Å². The summed E-state index contributed by atoms with van der Waals surface area (Å²) in [6.07, 6.45) is 7.51. The van der Waals surface area contributed by atoms with Gasteiger partial charge in [-0.15, -0.1) is 0 Å². The van der Waals surface area contributed by atoms with Gasteiger partial charge in [-0.3, -0.25) is 14.5 Å². The highest BCUT2D eigenvalue weighted by Gasteiger charge is 2.29. The molecule has 0 radical (unpaired) electrons. The van der Waals surface area contributed by atoms with E-state index in [0.717, 1.165) is 71.2 Å². The second-order valence-corrected chi connectivity index (χ2v) is 6.64. The third-order valence-electron chi connectivity index (χ3n) is 4.82. The van der Waals surface area contributed by atoms with Crippen molar-refractivity contribution >= 4 is 11.8 Å². The van der Waals surface area contributed by atoms with Crippen molar-refractivity contribution in [2.24, 2.45) is 5.92 Å². The van der Waals surface area contributed by atoms with Gasteiger partial charge in [-0.1, -0.05) is 13.3 Å². The Balaban J connectivity index is 1.66. The Bertz CT molecular complexity index is 359. The Morgan fingerprint density at radius 3 is 2.36 bits per heavy atom. The van der Waals surface area contributed by atoms with Gasteiger partial charge in [-0.2, -0.15) is 0 Å². The van der Waals surface area contributed by atoms with Gasteiger partial charge < -0.3 is 10.2 Å². The maximum Gasteiger partial charge on any atom is 0.234 e. The number of carbonyl (C=O) groups is 2. The van der Waals surface area contributed by atoms with E-state index in [-0.39, 0.29) is 11.8 Å². The molecule has 1 N–H and O–H groups in total. The van der Waals surface area contributed by atoms with Gasteiger partial charge in [0, 0.05) is 25.6 Å². The molecule has 5 heteroatoms. The summed E-state index contributed by atoms with van der Waals surface area (Å²) in [7, 11) is 0. The lowest BCUT2D eigenvalue weighted by Gasteiger charge is -2.35. The first-order chi connectivity index (χ1) is 10.7. The average molecular weight is 309 g/mol. The Hall–Kier alpha value is -1.10. The highest BCUT2D eigenvalue weighted by atomic mass is 16.2. The third-order valence-corrected chi connectivity index (χ3v) is 4.82. The van der Waals surface area contributed by atoms with Crippen LogP contribution in [-0.2, 0) is 9.59 Å². The van der Waals surface area contributed by atoms with E-state index in [0.29, 0.717) is 12.5 Å². The summed E-state index contributed by atoms with van der Waals surface area (Å²) in [5.41, 5.74) is 0. The number of rotatable bonds is 6. The minimum Gasteiger partial charge on any atom is -0.355 e. The van der Waals surface area contributed by atoms with Gasteiger partial charge in [-0.25, -0.2) is 0 Å². The van der Waals surface area contributed by atoms with Crippen LogP contribution in [0.3, 0.4) is 0 Å². The Kier molecular flexibility index (Phi) is 7.16. The van der Waals surface area contributed by atoms with E-state index < -0.39 is 0 Å². The molecular formula is C17H31N3O2. The van der Waals surface area contributed by atoms with Crippen LogP contribution in [0.15, 0.2) is 0 Å². The molecule has 0 aromatic rings. The molecule has 126 valence electrons. The number of nitrogens with zero attached hydrogens (tertiary/aromatic N) is 2. The molecule has 0 bridgehead atoms. The lowest BCUT2D eigenvalue weighted by atomic mass is 9.94. The predicted octanol–water partition coefficient (Wildman–Crippen LogP) is 1.63. The number of piperidine rings is 2. The zero-order valence-corrected chi connectivity index (χ0v) is 14.0. The summed E-state index contributed by atoms with van der Waals surface area (Å²) in [6.45, 7) is 7.00. The maximum absolute atomic E-state index is 12.5. The fourth-order valence-corrected chi connectivity index (χ4v) is 3.37. The SMILES string of the molecule is CCCCNC(=O)CN1CCC(C(=O)N2CCCCC2)CC1. The monoisotopic (exact) mass is 309 g/mol. The normalized spacial score (nSPS) is 20.9. The Labute approximate surface area is 134 Å². The molecule has 2 aliphatic heterocycles. The smallest absolute Gasteiger partial charge is 0.234 e. The molecule has 0 saturated carbocycles. The lowest BCUT2D eigenvalue weighted by Crippen LogP contribution is -2.46. The van der Waals surface area contributed by atoms with Crippen molar-refractivity contribution in [1.29, 1.82) is 0 Å². The molecule has 0 aromatic carbocycles. The quantitative estimate of drug-likeness (QED) is 0.759. The molecular weight excluding hydrogens is 278 g/mol. The van der Waals surface area contributed by atoms with Crippen molar-refractivity contribution in [2.45, 2.75) is 51.9 Å². The van der Waals surface area contributed by atoms with Crippen molar-refractivity contribution in [1.82, 2.24) is 15.1 Å². The highest BCUT2D eigenvalue weighted by Crippen LogP contribution is 2.21. The summed E-state index contributed by atoms with van der Waals surface area (Å²) >= 11 is 0. The summed E-state index contributed by atoms with van der Waals surface area (Å²) in [5, 5.41) is 2.96. The molecule has 0 atom stereocenters. The van der Waals surface area contributed by atoms with Crippen molar-refractivity contribution in [3.63, 3.8) is 0 Å². The molecule has 0 spiro atoms. The van der Waals surface area contributed by atoms with Crippen molar-refractivity contribution in [3.05, 3.63) is 0 Å². The molecule has 2 saturated heterocycles. The van der Waals surface area contributed by atoms with E-state index >= 15 is 0 Å². The van der Waals surface area contributed by atoms with E-state index in [1.807, 2.05) is 0 Å². The second-order valence-electron chi connectivity index (χ2n) is 6.64. The van der Waals surface area contributed by atoms with Gasteiger partial charge in [0.2, 0.25) is 11.8 Å². The van der Waals surface area contributed by atoms with Crippen molar-refractivity contribution in [2.75, 3.05) is 39.3 Å². The number of amides is 2. The van der Waals surface area contributed by atoms with Gasteiger partial charge in [0.05, 0.1) is 6.54 Å². The molecule has 0 aliphatic carbocycles. The highest BCUT2D eigenvalue weighted by molar-refractivity contribution is 5.79. The molecule has 2 amide bonds. The van der Waals surface area contributed by atoms with Crippen molar-refractivity contribution in [3.8, 4) is 0 Å². The van der Waals surface area contributed by atoms with Crippen LogP contribution in [0.1, 0.15) is 51.9 Å². The number of hydrogen-bond acceptors (Lipinski definition) is 3. The fourth-order valence-electron chi connectivity index (χ4n) is 3.37. The van der Waals surface area contributed by atoms with Crippen molar-refractivity contribution < 1.29 is 9.59 Å². The summed E-state index contributed by atoms with van der Waals surface area (Å²) in [6, 6.07) is 0. The first-order valence-electron chi connectivity index (χ1n) is 8.98.